The number of fused-ring (bicyclic) bond motifs is 1. The van der Waals surface area contributed by atoms with E-state index in [2.05, 4.69) is 39.3 Å². The summed E-state index contributed by atoms with van der Waals surface area (Å²) in [6.07, 6.45) is 1.84. The van der Waals surface area contributed by atoms with Gasteiger partial charge in [-0.25, -0.2) is 18.6 Å². The quantitative estimate of drug-likeness (QED) is 0.737. The molecule has 0 spiro atoms. The van der Waals surface area contributed by atoms with Gasteiger partial charge in [0.05, 0.1) is 19.3 Å². The van der Waals surface area contributed by atoms with E-state index < -0.39 is 30.9 Å². The van der Waals surface area contributed by atoms with Crippen LogP contribution < -0.4 is 10.2 Å². The molecule has 1 aliphatic carbocycles. The predicted molar refractivity (Wildman–Crippen MR) is 103 cm³/mol. The average Bonchev–Trinajstić information content (AvgIpc) is 3.38. The number of ether oxygens (including phenoxy) is 1. The van der Waals surface area contributed by atoms with Crippen molar-refractivity contribution in [1.29, 1.82) is 0 Å². The summed E-state index contributed by atoms with van der Waals surface area (Å²) >= 11 is 0. The lowest BCUT2D eigenvalue weighted by Gasteiger charge is -2.23. The van der Waals surface area contributed by atoms with Crippen LogP contribution in [0, 0.1) is 0 Å². The molecule has 1 atom stereocenters. The minimum Gasteiger partial charge on any atom is -0.467 e. The topological polar surface area (TPSA) is 96.0 Å². The minimum absolute atomic E-state index is 0.111. The Morgan fingerprint density at radius 2 is 2.17 bits per heavy atom. The molecule has 4 rings (SSSR count). The van der Waals surface area contributed by atoms with Gasteiger partial charge in [0.1, 0.15) is 11.9 Å². The van der Waals surface area contributed by atoms with E-state index in [0.717, 1.165) is 36.2 Å². The standard InChI is InChI=1S/C19H24F2N6O2/c1-10(2)13-7-15(26-25-13)23-16-11-5-4-6-12(11)22-18(24-16)27-9-19(20,21)8-14(27)17(28)29-3/h7,10,14H,4-6,8-9H2,1-3H3,(H2,22,23,24,25,26). The normalized spacial score (nSPS) is 20.2. The third-order valence-electron chi connectivity index (χ3n) is 5.39. The summed E-state index contributed by atoms with van der Waals surface area (Å²) in [6.45, 7) is 3.49. The highest BCUT2D eigenvalue weighted by molar-refractivity contribution is 5.80. The fraction of sp³-hybridized carbons (Fsp3) is 0.579. The maximum absolute atomic E-state index is 14.1. The van der Waals surface area contributed by atoms with Gasteiger partial charge in [0.2, 0.25) is 5.95 Å². The van der Waals surface area contributed by atoms with Crippen LogP contribution in [0.1, 0.15) is 49.6 Å². The molecule has 8 nitrogen and oxygen atoms in total. The SMILES string of the molecule is COC(=O)C1CC(F)(F)CN1c1nc2c(c(Nc3cc(C(C)C)[nH]n3)n1)CCC2. The van der Waals surface area contributed by atoms with Crippen LogP contribution in [0.5, 0.6) is 0 Å². The summed E-state index contributed by atoms with van der Waals surface area (Å²) in [6, 6.07) is 0.787. The number of aromatic amines is 1. The Hall–Kier alpha value is -2.78. The van der Waals surface area contributed by atoms with Crippen molar-refractivity contribution in [3.05, 3.63) is 23.0 Å². The molecule has 2 N–H and O–H groups in total. The number of rotatable bonds is 5. The lowest BCUT2D eigenvalue weighted by Crippen LogP contribution is -2.38. The molecule has 0 saturated carbocycles. The lowest BCUT2D eigenvalue weighted by atomic mass is 10.1. The zero-order valence-electron chi connectivity index (χ0n) is 16.6. The number of aromatic nitrogens is 4. The van der Waals surface area contributed by atoms with Gasteiger partial charge in [-0.2, -0.15) is 10.1 Å². The second-order valence-corrected chi connectivity index (χ2v) is 7.87. The van der Waals surface area contributed by atoms with Gasteiger partial charge in [0.25, 0.3) is 5.92 Å². The van der Waals surface area contributed by atoms with E-state index in [1.54, 1.807) is 0 Å². The fourth-order valence-corrected chi connectivity index (χ4v) is 3.84. The molecule has 1 aliphatic heterocycles. The molecule has 1 saturated heterocycles. The van der Waals surface area contributed by atoms with Gasteiger partial charge < -0.3 is 15.0 Å². The van der Waals surface area contributed by atoms with E-state index >= 15 is 0 Å². The molecular weight excluding hydrogens is 382 g/mol. The number of carbonyl (C=O) groups is 1. The van der Waals surface area contributed by atoms with Crippen LogP contribution in [0.2, 0.25) is 0 Å². The summed E-state index contributed by atoms with van der Waals surface area (Å²) in [4.78, 5) is 22.4. The number of esters is 1. The van der Waals surface area contributed by atoms with E-state index in [-0.39, 0.29) is 11.9 Å². The van der Waals surface area contributed by atoms with Crippen LogP contribution in [-0.4, -0.2) is 51.8 Å². The van der Waals surface area contributed by atoms with Crippen molar-refractivity contribution in [1.82, 2.24) is 20.2 Å². The fourth-order valence-electron chi connectivity index (χ4n) is 3.84. The van der Waals surface area contributed by atoms with Crippen molar-refractivity contribution < 1.29 is 18.3 Å². The highest BCUT2D eigenvalue weighted by atomic mass is 19.3. The van der Waals surface area contributed by atoms with Crippen molar-refractivity contribution in [2.45, 2.75) is 57.4 Å². The second kappa shape index (κ2) is 7.23. The van der Waals surface area contributed by atoms with Crippen molar-refractivity contribution in [2.75, 3.05) is 23.9 Å². The third kappa shape index (κ3) is 3.75. The van der Waals surface area contributed by atoms with Gasteiger partial charge in [-0.15, -0.1) is 0 Å². The van der Waals surface area contributed by atoms with E-state index in [4.69, 9.17) is 4.74 Å². The van der Waals surface area contributed by atoms with Crippen LogP contribution in [0.4, 0.5) is 26.4 Å². The largest absolute Gasteiger partial charge is 0.467 e. The van der Waals surface area contributed by atoms with Gasteiger partial charge in [-0.1, -0.05) is 13.8 Å². The Bertz CT molecular complexity index is 929. The molecule has 0 aromatic carbocycles. The second-order valence-electron chi connectivity index (χ2n) is 7.87. The van der Waals surface area contributed by atoms with Crippen molar-refractivity contribution in [2.24, 2.45) is 0 Å². The maximum Gasteiger partial charge on any atom is 0.328 e. The average molecular weight is 406 g/mol. The molecule has 0 radical (unpaired) electrons. The maximum atomic E-state index is 14.1. The molecule has 156 valence electrons. The molecule has 10 heteroatoms. The van der Waals surface area contributed by atoms with Crippen molar-refractivity contribution in [3.8, 4) is 0 Å². The molecule has 2 aromatic heterocycles. The first-order valence-corrected chi connectivity index (χ1v) is 9.72. The summed E-state index contributed by atoms with van der Waals surface area (Å²) < 4.78 is 32.9. The number of H-pyrrole nitrogens is 1. The predicted octanol–water partition coefficient (Wildman–Crippen LogP) is 2.94. The van der Waals surface area contributed by atoms with Crippen molar-refractivity contribution >= 4 is 23.6 Å². The van der Waals surface area contributed by atoms with E-state index in [0.29, 0.717) is 11.6 Å². The molecule has 1 fully saturated rings. The van der Waals surface area contributed by atoms with Crippen LogP contribution in [-0.2, 0) is 22.4 Å². The van der Waals surface area contributed by atoms with Crippen LogP contribution in [0.25, 0.3) is 0 Å². The highest BCUT2D eigenvalue weighted by Crippen LogP contribution is 2.37. The number of alkyl halides is 2. The number of nitrogens with one attached hydrogen (secondary N) is 2. The molecule has 2 aliphatic rings. The van der Waals surface area contributed by atoms with E-state index in [1.165, 1.54) is 12.0 Å². The summed E-state index contributed by atoms with van der Waals surface area (Å²) in [5.41, 5.74) is 2.75. The molecule has 1 unspecified atom stereocenters. The van der Waals surface area contributed by atoms with Gasteiger partial charge in [-0.05, 0) is 25.2 Å². The number of anilines is 3. The molecule has 29 heavy (non-hydrogen) atoms. The number of halogens is 2. The molecule has 2 aromatic rings. The first-order valence-electron chi connectivity index (χ1n) is 9.72. The molecule has 0 bridgehead atoms. The van der Waals surface area contributed by atoms with Crippen molar-refractivity contribution in [3.63, 3.8) is 0 Å². The first-order chi connectivity index (χ1) is 13.8. The first kappa shape index (κ1) is 19.5. The number of nitrogens with zero attached hydrogens (tertiary/aromatic N) is 4. The number of methoxy groups -OCH3 is 1. The molecule has 0 amide bonds. The van der Waals surface area contributed by atoms with E-state index in [9.17, 15) is 13.6 Å². The van der Waals surface area contributed by atoms with Gasteiger partial charge in [-0.3, -0.25) is 5.10 Å². The summed E-state index contributed by atoms with van der Waals surface area (Å²) in [5, 5.41) is 10.4. The number of hydrogen-bond donors (Lipinski definition) is 2. The van der Waals surface area contributed by atoms with E-state index in [1.807, 2.05) is 6.07 Å². The van der Waals surface area contributed by atoms with Gasteiger partial charge >= 0.3 is 5.97 Å². The third-order valence-corrected chi connectivity index (χ3v) is 5.39. The highest BCUT2D eigenvalue weighted by Gasteiger charge is 2.50. The monoisotopic (exact) mass is 406 g/mol. The van der Waals surface area contributed by atoms with Crippen LogP contribution in [0.3, 0.4) is 0 Å². The number of aryl methyl sites for hydroxylation is 1. The van der Waals surface area contributed by atoms with Crippen LogP contribution in [0.15, 0.2) is 6.07 Å². The number of hydrogen-bond acceptors (Lipinski definition) is 7. The Labute approximate surface area is 167 Å². The zero-order valence-corrected chi connectivity index (χ0v) is 16.6. The summed E-state index contributed by atoms with van der Waals surface area (Å²) in [7, 11) is 1.19. The molecule has 3 heterocycles. The Morgan fingerprint density at radius 3 is 2.86 bits per heavy atom. The Morgan fingerprint density at radius 1 is 1.38 bits per heavy atom. The zero-order chi connectivity index (χ0) is 20.8. The van der Waals surface area contributed by atoms with Crippen LogP contribution >= 0.6 is 0 Å². The minimum atomic E-state index is -3.01. The smallest absolute Gasteiger partial charge is 0.328 e. The van der Waals surface area contributed by atoms with Gasteiger partial charge in [0.15, 0.2) is 5.82 Å². The lowest BCUT2D eigenvalue weighted by molar-refractivity contribution is -0.142. The summed E-state index contributed by atoms with van der Waals surface area (Å²) in [5.74, 6) is -2.18. The molecular formula is C19H24F2N6O2. The van der Waals surface area contributed by atoms with Gasteiger partial charge in [0, 0.05) is 23.7 Å². The number of carbonyl (C=O) groups excluding carboxylic acids is 1. The Balaban J connectivity index is 1.69. The Kier molecular flexibility index (Phi) is 4.87.